The lowest BCUT2D eigenvalue weighted by atomic mass is 10.0. The summed E-state index contributed by atoms with van der Waals surface area (Å²) in [6.07, 6.45) is 0. The van der Waals surface area contributed by atoms with E-state index in [1.807, 2.05) is 18.2 Å². The second-order valence-electron chi connectivity index (χ2n) is 19.9. The quantitative estimate of drug-likeness (QED) is 0.155. The number of hydrogen-bond donors (Lipinski definition) is 0. The van der Waals surface area contributed by atoms with Crippen molar-refractivity contribution in [2.24, 2.45) is 0 Å². The zero-order chi connectivity index (χ0) is 53.8. The van der Waals surface area contributed by atoms with Gasteiger partial charge in [0.05, 0.1) is 0 Å². The van der Waals surface area contributed by atoms with Crippen LogP contribution in [0.25, 0.3) is 33.4 Å². The molecule has 0 aliphatic carbocycles. The van der Waals surface area contributed by atoms with Crippen LogP contribution in [-0.4, -0.2) is 0 Å². The number of benzene rings is 10. The Morgan fingerprint density at radius 1 is 0.141 bits per heavy atom. The van der Waals surface area contributed by atoms with Gasteiger partial charge in [-0.3, -0.25) is 0 Å². The van der Waals surface area contributed by atoms with Gasteiger partial charge in [0.25, 0.3) is 0 Å². The van der Waals surface area contributed by atoms with Crippen molar-refractivity contribution < 1.29 is 0 Å². The Morgan fingerprint density at radius 3 is 0.423 bits per heavy atom. The largest absolute Gasteiger partial charge is 0.0617 e. The van der Waals surface area contributed by atoms with Crippen molar-refractivity contribution in [1.29, 1.82) is 0 Å². The summed E-state index contributed by atoms with van der Waals surface area (Å²) in [6, 6.07) is 75.7. The first-order valence-electron chi connectivity index (χ1n) is 26.1. The molecular weight excluding hydrogens is 937 g/mol. The van der Waals surface area contributed by atoms with Gasteiger partial charge < -0.3 is 0 Å². The van der Waals surface area contributed by atoms with Crippen molar-refractivity contribution in [3.05, 3.63) is 319 Å². The second kappa shape index (κ2) is 23.8. The standard InChI is InChI=1S/C78H54/c1-55-43-56(2)47-67(46-55)13-7-61-19-31-73(32-20-61)76-37-25-64(26-38-76)10-16-70-52-71(17-11-65-27-39-77(40-28-65)74-33-21-62(22-34-74)8-14-68-48-57(3)44-58(4)49-68)54-72(53-70)18-12-66-29-41-78(42-30-66)75-35-23-63(24-36-75)9-15-69-50-59(5)45-60(6)51-69/h19-54H,1-6H3. The van der Waals surface area contributed by atoms with E-state index in [2.05, 4.69) is 313 Å². The third-order valence-electron chi connectivity index (χ3n) is 13.0. The molecule has 0 heterocycles. The molecule has 366 valence electrons. The van der Waals surface area contributed by atoms with Gasteiger partial charge in [-0.2, -0.15) is 0 Å². The minimum Gasteiger partial charge on any atom is -0.0617 e. The van der Waals surface area contributed by atoms with Gasteiger partial charge in [0.15, 0.2) is 0 Å². The Balaban J connectivity index is 0.866. The zero-order valence-corrected chi connectivity index (χ0v) is 44.8. The Kier molecular flexibility index (Phi) is 15.6. The molecule has 0 saturated heterocycles. The van der Waals surface area contributed by atoms with E-state index in [9.17, 15) is 0 Å². The first-order chi connectivity index (χ1) is 38.0. The fraction of sp³-hybridized carbons (Fsp3) is 0.0769. The van der Waals surface area contributed by atoms with Gasteiger partial charge in [-0.05, 0) is 236 Å². The summed E-state index contributed by atoms with van der Waals surface area (Å²) in [6.45, 7) is 12.6. The lowest BCUT2D eigenvalue weighted by Gasteiger charge is -2.03. The van der Waals surface area contributed by atoms with Gasteiger partial charge >= 0.3 is 0 Å². The van der Waals surface area contributed by atoms with Crippen LogP contribution in [0.15, 0.2) is 218 Å². The molecule has 0 saturated carbocycles. The molecule has 0 heteroatoms. The summed E-state index contributed by atoms with van der Waals surface area (Å²) < 4.78 is 0. The maximum atomic E-state index is 3.42. The van der Waals surface area contributed by atoms with E-state index in [1.165, 1.54) is 33.4 Å². The van der Waals surface area contributed by atoms with Gasteiger partial charge in [0.1, 0.15) is 0 Å². The lowest BCUT2D eigenvalue weighted by molar-refractivity contribution is 1.37. The molecule has 10 aromatic rings. The molecule has 0 fully saturated rings. The third-order valence-corrected chi connectivity index (χ3v) is 13.0. The Bertz CT molecular complexity index is 3740. The smallest absolute Gasteiger partial charge is 0.0273 e. The SMILES string of the molecule is Cc1cc(C)cc(C#Cc2ccc(-c3ccc(C#Cc4cc(C#Cc5ccc(-c6ccc(C#Cc7cc(C)cc(C)c7)cc6)cc5)cc(C#Cc5ccc(-c6ccc(C#Cc7cc(C)cc(C)c7)cc6)cc5)c4)cc3)cc2)c1. The van der Waals surface area contributed by atoms with E-state index < -0.39 is 0 Å². The highest BCUT2D eigenvalue weighted by molar-refractivity contribution is 5.69. The van der Waals surface area contributed by atoms with Crippen molar-refractivity contribution in [2.75, 3.05) is 0 Å². The van der Waals surface area contributed by atoms with Crippen molar-refractivity contribution in [3.8, 4) is 104 Å². The molecule has 10 rings (SSSR count). The lowest BCUT2D eigenvalue weighted by Crippen LogP contribution is -1.86. The van der Waals surface area contributed by atoms with Gasteiger partial charge in [-0.25, -0.2) is 0 Å². The Hall–Kier alpha value is -10.4. The van der Waals surface area contributed by atoms with Crippen LogP contribution >= 0.6 is 0 Å². The number of aryl methyl sites for hydroxylation is 6. The predicted octanol–water partition coefficient (Wildman–Crippen LogP) is 16.9. The van der Waals surface area contributed by atoms with Crippen LogP contribution in [0.4, 0.5) is 0 Å². The highest BCUT2D eigenvalue weighted by atomic mass is 14.1. The molecule has 0 aromatic heterocycles. The molecule has 0 nitrogen and oxygen atoms in total. The van der Waals surface area contributed by atoms with E-state index in [1.54, 1.807) is 0 Å². The number of rotatable bonds is 3. The van der Waals surface area contributed by atoms with Crippen molar-refractivity contribution >= 4 is 0 Å². The average molecular weight is 991 g/mol. The monoisotopic (exact) mass is 990 g/mol. The Labute approximate surface area is 462 Å². The molecule has 0 radical (unpaired) electrons. The predicted molar refractivity (Wildman–Crippen MR) is 326 cm³/mol. The molecule has 78 heavy (non-hydrogen) atoms. The van der Waals surface area contributed by atoms with Crippen molar-refractivity contribution in [3.63, 3.8) is 0 Å². The van der Waals surface area contributed by atoms with E-state index in [4.69, 9.17) is 0 Å². The van der Waals surface area contributed by atoms with E-state index >= 15 is 0 Å². The van der Waals surface area contributed by atoms with E-state index in [0.717, 1.165) is 100 Å². The fourth-order valence-electron chi connectivity index (χ4n) is 9.33. The molecule has 0 amide bonds. The zero-order valence-electron chi connectivity index (χ0n) is 44.8. The van der Waals surface area contributed by atoms with Crippen molar-refractivity contribution in [1.82, 2.24) is 0 Å². The normalized spacial score (nSPS) is 10.1. The van der Waals surface area contributed by atoms with Gasteiger partial charge in [-0.15, -0.1) is 0 Å². The molecule has 10 aromatic carbocycles. The second-order valence-corrected chi connectivity index (χ2v) is 19.9. The summed E-state index contributed by atoms with van der Waals surface area (Å²) in [5.74, 6) is 40.4. The minimum atomic E-state index is 0.836. The summed E-state index contributed by atoms with van der Waals surface area (Å²) in [7, 11) is 0. The third kappa shape index (κ3) is 14.0. The highest BCUT2D eigenvalue weighted by Gasteiger charge is 2.04. The van der Waals surface area contributed by atoms with E-state index in [0.29, 0.717) is 0 Å². The summed E-state index contributed by atoms with van der Waals surface area (Å²) in [4.78, 5) is 0. The molecule has 0 aliphatic heterocycles. The first-order valence-corrected chi connectivity index (χ1v) is 26.1. The summed E-state index contributed by atoms with van der Waals surface area (Å²) in [5, 5.41) is 0. The highest BCUT2D eigenvalue weighted by Crippen LogP contribution is 2.24. The first kappa shape index (κ1) is 51.1. The van der Waals surface area contributed by atoms with Gasteiger partial charge in [0.2, 0.25) is 0 Å². The van der Waals surface area contributed by atoms with Crippen LogP contribution < -0.4 is 0 Å². The van der Waals surface area contributed by atoms with Crippen molar-refractivity contribution in [2.45, 2.75) is 41.5 Å². The van der Waals surface area contributed by atoms with E-state index in [-0.39, 0.29) is 0 Å². The molecule has 0 unspecified atom stereocenters. The van der Waals surface area contributed by atoms with Gasteiger partial charge in [0, 0.05) is 66.8 Å². The molecule has 0 N–H and O–H groups in total. The van der Waals surface area contributed by atoms with Crippen LogP contribution in [-0.2, 0) is 0 Å². The Morgan fingerprint density at radius 2 is 0.269 bits per heavy atom. The average Bonchev–Trinajstić information content (AvgIpc) is 3.44. The maximum absolute atomic E-state index is 3.42. The van der Waals surface area contributed by atoms with Crippen LogP contribution in [0, 0.1) is 113 Å². The summed E-state index contributed by atoms with van der Waals surface area (Å²) >= 11 is 0. The topological polar surface area (TPSA) is 0 Å². The molecule has 0 bridgehead atoms. The number of hydrogen-bond acceptors (Lipinski definition) is 0. The molecular formula is C78H54. The maximum Gasteiger partial charge on any atom is 0.0273 e. The van der Waals surface area contributed by atoms with Gasteiger partial charge in [-0.1, -0.05) is 162 Å². The molecule has 0 spiro atoms. The van der Waals surface area contributed by atoms with Crippen LogP contribution in [0.3, 0.4) is 0 Å². The fourth-order valence-corrected chi connectivity index (χ4v) is 9.33. The minimum absolute atomic E-state index is 0.836. The molecule has 0 atom stereocenters. The summed E-state index contributed by atoms with van der Waals surface area (Å²) in [5.41, 5.74) is 25.3. The van der Waals surface area contributed by atoms with Crippen LogP contribution in [0.1, 0.15) is 100 Å². The van der Waals surface area contributed by atoms with Crippen LogP contribution in [0.2, 0.25) is 0 Å². The van der Waals surface area contributed by atoms with Crippen LogP contribution in [0.5, 0.6) is 0 Å². The molecule has 0 aliphatic rings.